The minimum Gasteiger partial charge on any atom is -0.326 e. The van der Waals surface area contributed by atoms with Crippen LogP contribution in [0.5, 0.6) is 0 Å². The van der Waals surface area contributed by atoms with Gasteiger partial charge >= 0.3 is 0 Å². The van der Waals surface area contributed by atoms with Crippen LogP contribution in [-0.2, 0) is 9.59 Å². The summed E-state index contributed by atoms with van der Waals surface area (Å²) in [4.78, 5) is 22.7. The number of hydroxylamine groups is 1. The molecule has 0 atom stereocenters. The Hall–Kier alpha value is -1.88. The Kier molecular flexibility index (Phi) is 4.36. The van der Waals surface area contributed by atoms with Gasteiger partial charge in [0.25, 0.3) is 0 Å². The fourth-order valence-electron chi connectivity index (χ4n) is 1.49. The predicted molar refractivity (Wildman–Crippen MR) is 72.7 cm³/mol. The number of amides is 2. The molecule has 0 saturated carbocycles. The van der Waals surface area contributed by atoms with Gasteiger partial charge < -0.3 is 5.32 Å². The van der Waals surface area contributed by atoms with Crippen molar-refractivity contribution in [3.05, 3.63) is 30.2 Å². The van der Waals surface area contributed by atoms with Crippen LogP contribution in [0.25, 0.3) is 0 Å². The largest absolute Gasteiger partial charge is 0.326 e. The van der Waals surface area contributed by atoms with Gasteiger partial charge in [0.2, 0.25) is 11.8 Å². The molecule has 0 aliphatic rings. The number of hydrogen-bond acceptors (Lipinski definition) is 3. The lowest BCUT2D eigenvalue weighted by Crippen LogP contribution is -2.17. The number of carbonyl (C=O) groups is 2. The van der Waals surface area contributed by atoms with Crippen molar-refractivity contribution in [1.29, 1.82) is 0 Å². The molecule has 0 spiro atoms. The SMILES string of the molecule is [2H]c1c([2H])c([2H])c(NC(=O)CCCCCCC(=O)NO)c([2H])c1[2H]. The van der Waals surface area contributed by atoms with E-state index in [1.165, 1.54) is 0 Å². The van der Waals surface area contributed by atoms with Crippen molar-refractivity contribution in [2.24, 2.45) is 0 Å². The molecular weight excluding hydrogens is 244 g/mol. The molecule has 2 amide bonds. The van der Waals surface area contributed by atoms with E-state index in [-0.39, 0.29) is 18.5 Å². The van der Waals surface area contributed by atoms with Crippen molar-refractivity contribution in [2.45, 2.75) is 38.5 Å². The second-order valence-electron chi connectivity index (χ2n) is 4.00. The zero-order chi connectivity index (χ0) is 18.3. The Bertz CT molecular complexity index is 596. The third-order valence-electron chi connectivity index (χ3n) is 2.45. The molecule has 0 aliphatic heterocycles. The highest BCUT2D eigenvalue weighted by Crippen LogP contribution is 2.09. The topological polar surface area (TPSA) is 78.4 Å². The Morgan fingerprint density at radius 1 is 1.00 bits per heavy atom. The highest BCUT2D eigenvalue weighted by Gasteiger charge is 2.02. The van der Waals surface area contributed by atoms with Crippen molar-refractivity contribution in [3.8, 4) is 0 Å². The van der Waals surface area contributed by atoms with Gasteiger partial charge in [-0.1, -0.05) is 31.0 Å². The zero-order valence-electron chi connectivity index (χ0n) is 15.5. The van der Waals surface area contributed by atoms with Crippen LogP contribution in [0, 0.1) is 0 Å². The summed E-state index contributed by atoms with van der Waals surface area (Å²) in [5, 5.41) is 10.7. The van der Waals surface area contributed by atoms with Gasteiger partial charge in [0.15, 0.2) is 0 Å². The van der Waals surface area contributed by atoms with Crippen LogP contribution in [0.4, 0.5) is 5.69 Å². The van der Waals surface area contributed by atoms with Gasteiger partial charge in [0.1, 0.15) is 0 Å². The summed E-state index contributed by atoms with van der Waals surface area (Å²) in [6.45, 7) is 0. The lowest BCUT2D eigenvalue weighted by molar-refractivity contribution is -0.129. The van der Waals surface area contributed by atoms with E-state index in [1.54, 1.807) is 5.48 Å². The number of hydrogen-bond donors (Lipinski definition) is 3. The first kappa shape index (κ1) is 9.09. The minimum absolute atomic E-state index is 0.147. The van der Waals surface area contributed by atoms with E-state index in [4.69, 9.17) is 12.1 Å². The van der Waals surface area contributed by atoms with Crippen molar-refractivity contribution in [1.82, 2.24) is 5.48 Å². The predicted octanol–water partition coefficient (Wildman–Crippen LogP) is 2.47. The van der Waals surface area contributed by atoms with E-state index >= 15 is 0 Å². The molecule has 0 radical (unpaired) electrons. The molecule has 0 aliphatic carbocycles. The number of benzene rings is 1. The average Bonchev–Trinajstić information content (AvgIpc) is 2.57. The standard InChI is InChI=1S/C14H20N2O3/c17-13(15-12-8-4-3-5-9-12)10-6-1-2-7-11-14(18)16-19/h3-5,8-9,19H,1-2,6-7,10-11H2,(H,15,17)(H,16,18)/i3D,4D,5D,8D,9D. The second kappa shape index (κ2) is 9.10. The maximum Gasteiger partial charge on any atom is 0.243 e. The van der Waals surface area contributed by atoms with Gasteiger partial charge in [-0.3, -0.25) is 14.8 Å². The van der Waals surface area contributed by atoms with Gasteiger partial charge in [-0.2, -0.15) is 0 Å². The van der Waals surface area contributed by atoms with Crippen molar-refractivity contribution in [3.63, 3.8) is 0 Å². The fraction of sp³-hybridized carbons (Fsp3) is 0.429. The van der Waals surface area contributed by atoms with Crippen LogP contribution in [-0.4, -0.2) is 17.0 Å². The third-order valence-corrected chi connectivity index (χ3v) is 2.45. The highest BCUT2D eigenvalue weighted by molar-refractivity contribution is 5.90. The molecule has 0 bridgehead atoms. The first-order chi connectivity index (χ1) is 11.3. The first-order valence-corrected chi connectivity index (χ1v) is 6.09. The maximum absolute atomic E-state index is 11.9. The van der Waals surface area contributed by atoms with Crippen LogP contribution >= 0.6 is 0 Å². The number of unbranched alkanes of at least 4 members (excludes halogenated alkanes) is 3. The van der Waals surface area contributed by atoms with E-state index in [1.807, 2.05) is 0 Å². The minimum atomic E-state index is -0.505. The van der Waals surface area contributed by atoms with E-state index < -0.39 is 42.0 Å². The molecule has 5 nitrogen and oxygen atoms in total. The smallest absolute Gasteiger partial charge is 0.243 e. The number of carbonyl (C=O) groups excluding carboxylic acids is 2. The molecular formula is C14H20N2O3. The van der Waals surface area contributed by atoms with Gasteiger partial charge in [0, 0.05) is 18.5 Å². The average molecular weight is 269 g/mol. The van der Waals surface area contributed by atoms with Crippen molar-refractivity contribution in [2.75, 3.05) is 5.32 Å². The molecule has 0 unspecified atom stereocenters. The summed E-state index contributed by atoms with van der Waals surface area (Å²) in [6.07, 6.45) is 2.92. The monoisotopic (exact) mass is 269 g/mol. The third kappa shape index (κ3) is 7.21. The Morgan fingerprint density at radius 3 is 2.16 bits per heavy atom. The lowest BCUT2D eigenvalue weighted by Gasteiger charge is -2.04. The molecule has 0 heterocycles. The first-order valence-electron chi connectivity index (χ1n) is 8.59. The number of anilines is 1. The van der Waals surface area contributed by atoms with E-state index in [0.29, 0.717) is 19.3 Å². The molecule has 5 heteroatoms. The molecule has 1 rings (SSSR count). The van der Waals surface area contributed by atoms with Gasteiger partial charge in [-0.05, 0) is 24.9 Å². The summed E-state index contributed by atoms with van der Waals surface area (Å²) in [7, 11) is 0. The summed E-state index contributed by atoms with van der Waals surface area (Å²) in [5.41, 5.74) is 1.33. The van der Waals surface area contributed by atoms with E-state index in [0.717, 1.165) is 6.42 Å². The van der Waals surface area contributed by atoms with Crippen LogP contribution < -0.4 is 10.8 Å². The van der Waals surface area contributed by atoms with Crippen molar-refractivity contribution >= 4 is 17.5 Å². The second-order valence-corrected chi connectivity index (χ2v) is 4.00. The van der Waals surface area contributed by atoms with Gasteiger partial charge in [-0.25, -0.2) is 5.48 Å². The van der Waals surface area contributed by atoms with Crippen LogP contribution in [0.1, 0.15) is 45.4 Å². The number of nitrogens with one attached hydrogen (secondary N) is 2. The molecule has 19 heavy (non-hydrogen) atoms. The van der Waals surface area contributed by atoms with E-state index in [9.17, 15) is 9.59 Å². The molecule has 0 saturated heterocycles. The summed E-state index contributed by atoms with van der Waals surface area (Å²) in [6, 6.07) is -2.37. The Balaban J connectivity index is 2.48. The van der Waals surface area contributed by atoms with Crippen molar-refractivity contribution < 1.29 is 21.7 Å². The quantitative estimate of drug-likeness (QED) is 0.385. The van der Waals surface area contributed by atoms with Crippen LogP contribution in [0.3, 0.4) is 0 Å². The highest BCUT2D eigenvalue weighted by atomic mass is 16.5. The number of para-hydroxylation sites is 1. The molecule has 0 fully saturated rings. The van der Waals surface area contributed by atoms with E-state index in [2.05, 4.69) is 5.32 Å². The normalized spacial score (nSPS) is 13.6. The summed E-state index contributed by atoms with van der Waals surface area (Å²) in [5.74, 6) is -0.879. The maximum atomic E-state index is 11.9. The van der Waals surface area contributed by atoms with Crippen LogP contribution in [0.15, 0.2) is 30.2 Å². The number of rotatable bonds is 8. The Labute approximate surface area is 120 Å². The fourth-order valence-corrected chi connectivity index (χ4v) is 1.49. The zero-order valence-corrected chi connectivity index (χ0v) is 10.5. The summed E-state index contributed by atoms with van der Waals surface area (Å²) < 4.78 is 38.0. The molecule has 3 N–H and O–H groups in total. The molecule has 1 aromatic carbocycles. The van der Waals surface area contributed by atoms with Crippen LogP contribution in [0.2, 0.25) is 0 Å². The Morgan fingerprint density at radius 2 is 1.58 bits per heavy atom. The summed E-state index contributed by atoms with van der Waals surface area (Å²) >= 11 is 0. The molecule has 1 aromatic rings. The lowest BCUT2D eigenvalue weighted by atomic mass is 10.1. The van der Waals surface area contributed by atoms with Gasteiger partial charge in [-0.15, -0.1) is 0 Å². The van der Waals surface area contributed by atoms with Gasteiger partial charge in [0.05, 0.1) is 6.85 Å². The molecule has 104 valence electrons. The molecule has 0 aromatic heterocycles.